The minimum absolute atomic E-state index is 0.166. The van der Waals surface area contributed by atoms with Crippen LogP contribution in [0.2, 0.25) is 0 Å². The van der Waals surface area contributed by atoms with Crippen molar-refractivity contribution in [2.75, 3.05) is 13.2 Å². The normalized spacial score (nSPS) is 17.2. The molecule has 0 bridgehead atoms. The fourth-order valence-electron chi connectivity index (χ4n) is 2.32. The molecule has 0 radical (unpaired) electrons. The van der Waals surface area contributed by atoms with E-state index in [1.165, 1.54) is 0 Å². The maximum absolute atomic E-state index is 12.0. The first kappa shape index (κ1) is 15.1. The number of carbonyl (C=O) groups excluding carboxylic acids is 1. The van der Waals surface area contributed by atoms with Crippen LogP contribution in [-0.2, 0) is 0 Å². The quantitative estimate of drug-likeness (QED) is 0.908. The molecule has 3 rings (SSSR count). The second-order valence-electron chi connectivity index (χ2n) is 5.33. The van der Waals surface area contributed by atoms with Crippen LogP contribution < -0.4 is 20.1 Å². The number of para-hydroxylation sites is 2. The molecular formula is C17H19N3O3. The number of aromatic nitrogens is 1. The van der Waals surface area contributed by atoms with E-state index >= 15 is 0 Å². The summed E-state index contributed by atoms with van der Waals surface area (Å²) in [6.45, 7) is 2.67. The molecule has 1 aromatic heterocycles. The Labute approximate surface area is 134 Å². The fourth-order valence-corrected chi connectivity index (χ4v) is 2.32. The zero-order valence-electron chi connectivity index (χ0n) is 12.9. The molecule has 6 heteroatoms. The Balaban J connectivity index is 1.47. The van der Waals surface area contributed by atoms with E-state index < -0.39 is 0 Å². The van der Waals surface area contributed by atoms with Crippen LogP contribution in [0.3, 0.4) is 0 Å². The van der Waals surface area contributed by atoms with Gasteiger partial charge in [-0.15, -0.1) is 0 Å². The molecule has 0 saturated heterocycles. The Morgan fingerprint density at radius 3 is 2.83 bits per heavy atom. The van der Waals surface area contributed by atoms with Gasteiger partial charge in [0.25, 0.3) is 0 Å². The zero-order chi connectivity index (χ0) is 16.1. The van der Waals surface area contributed by atoms with Crippen molar-refractivity contribution in [3.63, 3.8) is 0 Å². The van der Waals surface area contributed by atoms with E-state index in [0.29, 0.717) is 18.9 Å². The summed E-state index contributed by atoms with van der Waals surface area (Å²) in [4.78, 5) is 16.2. The molecule has 2 atom stereocenters. The van der Waals surface area contributed by atoms with Crippen molar-refractivity contribution < 1.29 is 14.3 Å². The SMILES string of the molecule is CC(NC(=O)NCC1COc2ccccc2O1)c1ccccn1. The molecule has 1 aliphatic rings. The number of benzene rings is 1. The number of nitrogens with one attached hydrogen (secondary N) is 2. The first-order valence-electron chi connectivity index (χ1n) is 7.56. The van der Waals surface area contributed by atoms with Gasteiger partial charge < -0.3 is 20.1 Å². The maximum atomic E-state index is 12.0. The minimum Gasteiger partial charge on any atom is -0.486 e. The van der Waals surface area contributed by atoms with Gasteiger partial charge in [0.15, 0.2) is 17.6 Å². The number of carbonyl (C=O) groups is 1. The number of nitrogens with zero attached hydrogens (tertiary/aromatic N) is 1. The molecule has 1 aromatic carbocycles. The van der Waals surface area contributed by atoms with Gasteiger partial charge in [-0.2, -0.15) is 0 Å². The van der Waals surface area contributed by atoms with Gasteiger partial charge in [0.05, 0.1) is 18.3 Å². The number of fused-ring (bicyclic) bond motifs is 1. The van der Waals surface area contributed by atoms with Crippen LogP contribution >= 0.6 is 0 Å². The third-order valence-corrected chi connectivity index (χ3v) is 3.54. The van der Waals surface area contributed by atoms with E-state index in [0.717, 1.165) is 11.4 Å². The Hall–Kier alpha value is -2.76. The van der Waals surface area contributed by atoms with E-state index in [-0.39, 0.29) is 18.2 Å². The van der Waals surface area contributed by atoms with Gasteiger partial charge in [-0.25, -0.2) is 4.79 Å². The average molecular weight is 313 g/mol. The predicted molar refractivity (Wildman–Crippen MR) is 85.5 cm³/mol. The predicted octanol–water partition coefficient (Wildman–Crippen LogP) is 2.28. The van der Waals surface area contributed by atoms with E-state index in [4.69, 9.17) is 9.47 Å². The lowest BCUT2D eigenvalue weighted by Gasteiger charge is -2.26. The summed E-state index contributed by atoms with van der Waals surface area (Å²) in [6, 6.07) is 12.7. The second-order valence-corrected chi connectivity index (χ2v) is 5.33. The average Bonchev–Trinajstić information content (AvgIpc) is 2.60. The molecular weight excluding hydrogens is 294 g/mol. The number of ether oxygens (including phenoxy) is 2. The molecule has 0 aliphatic carbocycles. The van der Waals surface area contributed by atoms with Crippen LogP contribution in [0.5, 0.6) is 11.5 Å². The summed E-state index contributed by atoms with van der Waals surface area (Å²) in [5.74, 6) is 1.43. The molecule has 1 aliphatic heterocycles. The van der Waals surface area contributed by atoms with Gasteiger partial charge in [-0.3, -0.25) is 4.98 Å². The van der Waals surface area contributed by atoms with Crippen molar-refractivity contribution >= 4 is 6.03 Å². The molecule has 2 aromatic rings. The van der Waals surface area contributed by atoms with Crippen LogP contribution in [-0.4, -0.2) is 30.3 Å². The van der Waals surface area contributed by atoms with Crippen molar-refractivity contribution in [1.29, 1.82) is 0 Å². The van der Waals surface area contributed by atoms with Crippen molar-refractivity contribution in [3.8, 4) is 11.5 Å². The Bertz CT molecular complexity index is 663. The molecule has 2 amide bonds. The van der Waals surface area contributed by atoms with Crippen molar-refractivity contribution in [1.82, 2.24) is 15.6 Å². The van der Waals surface area contributed by atoms with Gasteiger partial charge in [0, 0.05) is 6.20 Å². The third kappa shape index (κ3) is 3.91. The highest BCUT2D eigenvalue weighted by atomic mass is 16.6. The van der Waals surface area contributed by atoms with Crippen molar-refractivity contribution in [3.05, 3.63) is 54.4 Å². The smallest absolute Gasteiger partial charge is 0.315 e. The Morgan fingerprint density at radius 1 is 1.26 bits per heavy atom. The van der Waals surface area contributed by atoms with Gasteiger partial charge in [-0.05, 0) is 31.2 Å². The number of hydrogen-bond donors (Lipinski definition) is 2. The molecule has 0 spiro atoms. The largest absolute Gasteiger partial charge is 0.486 e. The molecule has 6 nitrogen and oxygen atoms in total. The van der Waals surface area contributed by atoms with Gasteiger partial charge in [0.2, 0.25) is 0 Å². The van der Waals surface area contributed by atoms with E-state index in [2.05, 4.69) is 15.6 Å². The van der Waals surface area contributed by atoms with Crippen LogP contribution in [0.25, 0.3) is 0 Å². The molecule has 23 heavy (non-hydrogen) atoms. The summed E-state index contributed by atoms with van der Waals surface area (Å²) in [5, 5.41) is 5.65. The lowest BCUT2D eigenvalue weighted by Crippen LogP contribution is -2.45. The highest BCUT2D eigenvalue weighted by Crippen LogP contribution is 2.30. The first-order valence-corrected chi connectivity index (χ1v) is 7.56. The number of amides is 2. The lowest BCUT2D eigenvalue weighted by atomic mass is 10.2. The number of hydrogen-bond acceptors (Lipinski definition) is 4. The summed E-state index contributed by atoms with van der Waals surface area (Å²) in [6.07, 6.45) is 1.50. The van der Waals surface area contributed by atoms with E-state index in [1.807, 2.05) is 49.4 Å². The molecule has 2 unspecified atom stereocenters. The van der Waals surface area contributed by atoms with Crippen LogP contribution in [0.4, 0.5) is 4.79 Å². The lowest BCUT2D eigenvalue weighted by molar-refractivity contribution is 0.0917. The summed E-state index contributed by atoms with van der Waals surface area (Å²) < 4.78 is 11.4. The first-order chi connectivity index (χ1) is 11.2. The topological polar surface area (TPSA) is 72.5 Å². The van der Waals surface area contributed by atoms with Crippen LogP contribution in [0, 0.1) is 0 Å². The van der Waals surface area contributed by atoms with E-state index in [9.17, 15) is 4.79 Å². The number of pyridine rings is 1. The molecule has 0 fully saturated rings. The Kier molecular flexibility index (Phi) is 4.61. The minimum atomic E-state index is -0.259. The van der Waals surface area contributed by atoms with Gasteiger partial charge in [0.1, 0.15) is 6.61 Å². The Morgan fingerprint density at radius 2 is 2.04 bits per heavy atom. The van der Waals surface area contributed by atoms with Gasteiger partial charge in [-0.1, -0.05) is 18.2 Å². The van der Waals surface area contributed by atoms with Crippen LogP contribution in [0.15, 0.2) is 48.7 Å². The molecule has 2 heterocycles. The van der Waals surface area contributed by atoms with Gasteiger partial charge >= 0.3 is 6.03 Å². The highest BCUT2D eigenvalue weighted by Gasteiger charge is 2.21. The van der Waals surface area contributed by atoms with Crippen molar-refractivity contribution in [2.45, 2.75) is 19.1 Å². The maximum Gasteiger partial charge on any atom is 0.315 e. The summed E-state index contributed by atoms with van der Waals surface area (Å²) in [5.41, 5.74) is 0.814. The summed E-state index contributed by atoms with van der Waals surface area (Å²) in [7, 11) is 0. The van der Waals surface area contributed by atoms with Crippen LogP contribution in [0.1, 0.15) is 18.7 Å². The second kappa shape index (κ2) is 7.00. The van der Waals surface area contributed by atoms with E-state index in [1.54, 1.807) is 6.20 Å². The highest BCUT2D eigenvalue weighted by molar-refractivity contribution is 5.74. The molecule has 2 N–H and O–H groups in total. The third-order valence-electron chi connectivity index (χ3n) is 3.54. The number of rotatable bonds is 4. The van der Waals surface area contributed by atoms with Crippen molar-refractivity contribution in [2.24, 2.45) is 0 Å². The zero-order valence-corrected chi connectivity index (χ0v) is 12.9. The molecule has 0 saturated carbocycles. The fraction of sp³-hybridized carbons (Fsp3) is 0.294. The number of urea groups is 1. The monoisotopic (exact) mass is 313 g/mol. The summed E-state index contributed by atoms with van der Waals surface area (Å²) >= 11 is 0. The standard InChI is InChI=1S/C17H19N3O3/c1-12(14-6-4-5-9-18-14)20-17(21)19-10-13-11-22-15-7-2-3-8-16(15)23-13/h2-9,12-13H,10-11H2,1H3,(H2,19,20,21). The molecule has 120 valence electrons.